The normalized spacial score (nSPS) is 12.1. The molecule has 0 spiro atoms. The molecule has 0 saturated heterocycles. The summed E-state index contributed by atoms with van der Waals surface area (Å²) in [6, 6.07) is 6.79. The van der Waals surface area contributed by atoms with Crippen molar-refractivity contribution in [2.24, 2.45) is 5.73 Å². The lowest BCUT2D eigenvalue weighted by atomic mass is 10.1. The third-order valence-corrected chi connectivity index (χ3v) is 2.77. The van der Waals surface area contributed by atoms with Crippen LogP contribution < -0.4 is 17.2 Å². The molecule has 5 N–H and O–H groups in total. The summed E-state index contributed by atoms with van der Waals surface area (Å²) in [7, 11) is 0. The molecule has 7 heteroatoms. The molecule has 1 unspecified atom stereocenters. The van der Waals surface area contributed by atoms with E-state index in [-0.39, 0.29) is 18.0 Å². The van der Waals surface area contributed by atoms with Gasteiger partial charge in [-0.25, -0.2) is 9.36 Å². The van der Waals surface area contributed by atoms with Crippen LogP contribution in [-0.4, -0.2) is 26.6 Å². The van der Waals surface area contributed by atoms with Crippen LogP contribution in [0.25, 0.3) is 0 Å². The average Bonchev–Trinajstić information content (AvgIpc) is 2.40. The Bertz CT molecular complexity index is 679. The average molecular weight is 274 g/mol. The SMILES string of the molecule is Nc1ccn(C(=O)C(N)Cc2ccc(O)cc2)c(=O)n1. The second-order valence-electron chi connectivity index (χ2n) is 4.32. The van der Waals surface area contributed by atoms with E-state index in [1.807, 2.05) is 0 Å². The molecule has 20 heavy (non-hydrogen) atoms. The zero-order chi connectivity index (χ0) is 14.7. The lowest BCUT2D eigenvalue weighted by molar-refractivity contribution is 0.0873. The number of nitrogens with zero attached hydrogens (tertiary/aromatic N) is 2. The van der Waals surface area contributed by atoms with E-state index in [2.05, 4.69) is 4.98 Å². The number of rotatable bonds is 3. The largest absolute Gasteiger partial charge is 0.508 e. The van der Waals surface area contributed by atoms with Crippen LogP contribution in [0.2, 0.25) is 0 Å². The van der Waals surface area contributed by atoms with Crippen LogP contribution in [-0.2, 0) is 6.42 Å². The van der Waals surface area contributed by atoms with Gasteiger partial charge in [-0.1, -0.05) is 12.1 Å². The zero-order valence-corrected chi connectivity index (χ0v) is 10.6. The number of hydrogen-bond acceptors (Lipinski definition) is 6. The van der Waals surface area contributed by atoms with Crippen molar-refractivity contribution in [1.82, 2.24) is 9.55 Å². The number of aromatic hydroxyl groups is 1. The van der Waals surface area contributed by atoms with E-state index >= 15 is 0 Å². The summed E-state index contributed by atoms with van der Waals surface area (Å²) in [5.74, 6) is -0.380. The van der Waals surface area contributed by atoms with Gasteiger partial charge in [0.2, 0.25) is 0 Å². The van der Waals surface area contributed by atoms with Crippen LogP contribution in [0.1, 0.15) is 10.4 Å². The Kier molecular flexibility index (Phi) is 3.81. The quantitative estimate of drug-likeness (QED) is 0.708. The van der Waals surface area contributed by atoms with Gasteiger partial charge in [0.05, 0.1) is 6.04 Å². The molecular weight excluding hydrogens is 260 g/mol. The van der Waals surface area contributed by atoms with E-state index < -0.39 is 17.6 Å². The van der Waals surface area contributed by atoms with Gasteiger partial charge in [-0.05, 0) is 30.2 Å². The fourth-order valence-corrected chi connectivity index (χ4v) is 1.74. The Morgan fingerprint density at radius 3 is 2.55 bits per heavy atom. The Morgan fingerprint density at radius 2 is 1.95 bits per heavy atom. The van der Waals surface area contributed by atoms with Crippen LogP contribution in [0.4, 0.5) is 5.82 Å². The maximum atomic E-state index is 12.1. The highest BCUT2D eigenvalue weighted by molar-refractivity contribution is 5.84. The Balaban J connectivity index is 2.16. The van der Waals surface area contributed by atoms with E-state index in [1.165, 1.54) is 24.4 Å². The molecule has 0 fully saturated rings. The molecule has 1 aromatic heterocycles. The molecule has 0 aliphatic heterocycles. The van der Waals surface area contributed by atoms with Gasteiger partial charge in [-0.15, -0.1) is 0 Å². The van der Waals surface area contributed by atoms with Crippen LogP contribution in [0, 0.1) is 0 Å². The minimum atomic E-state index is -0.886. The van der Waals surface area contributed by atoms with Gasteiger partial charge in [-0.2, -0.15) is 4.98 Å². The highest BCUT2D eigenvalue weighted by atomic mass is 16.3. The predicted molar refractivity (Wildman–Crippen MR) is 73.3 cm³/mol. The molecule has 0 aliphatic carbocycles. The lowest BCUT2D eigenvalue weighted by Crippen LogP contribution is -2.42. The van der Waals surface area contributed by atoms with E-state index in [1.54, 1.807) is 12.1 Å². The van der Waals surface area contributed by atoms with Crippen molar-refractivity contribution >= 4 is 11.7 Å². The molecule has 1 aromatic carbocycles. The molecule has 1 heterocycles. The summed E-state index contributed by atoms with van der Waals surface area (Å²) >= 11 is 0. The number of carbonyl (C=O) groups is 1. The standard InChI is InChI=1S/C13H14N4O3/c14-10(7-8-1-3-9(18)4-2-8)12(19)17-6-5-11(15)16-13(17)20/h1-6,10,18H,7,14H2,(H2,15,16,20). The first-order chi connectivity index (χ1) is 9.47. The van der Waals surface area contributed by atoms with Gasteiger partial charge >= 0.3 is 5.69 Å². The second kappa shape index (κ2) is 5.54. The number of nitrogen functional groups attached to an aromatic ring is 1. The van der Waals surface area contributed by atoms with Crippen LogP contribution >= 0.6 is 0 Å². The Morgan fingerprint density at radius 1 is 1.30 bits per heavy atom. The third kappa shape index (κ3) is 3.01. The molecule has 7 nitrogen and oxygen atoms in total. The maximum Gasteiger partial charge on any atom is 0.356 e. The number of nitrogens with two attached hydrogens (primary N) is 2. The summed E-state index contributed by atoms with van der Waals surface area (Å²) < 4.78 is 0.835. The van der Waals surface area contributed by atoms with E-state index in [9.17, 15) is 14.7 Å². The van der Waals surface area contributed by atoms with Crippen LogP contribution in [0.5, 0.6) is 5.75 Å². The number of phenols is 1. The topological polar surface area (TPSA) is 124 Å². The van der Waals surface area contributed by atoms with Gasteiger partial charge in [0.25, 0.3) is 5.91 Å². The highest BCUT2D eigenvalue weighted by Crippen LogP contribution is 2.11. The molecule has 104 valence electrons. The molecule has 1 atom stereocenters. The maximum absolute atomic E-state index is 12.1. The number of anilines is 1. The number of phenolic OH excluding ortho intramolecular Hbond substituents is 1. The van der Waals surface area contributed by atoms with Crippen molar-refractivity contribution in [3.63, 3.8) is 0 Å². The monoisotopic (exact) mass is 274 g/mol. The van der Waals surface area contributed by atoms with Gasteiger partial charge in [-0.3, -0.25) is 4.79 Å². The van der Waals surface area contributed by atoms with Gasteiger partial charge in [0, 0.05) is 6.20 Å². The Hall–Kier alpha value is -2.67. The summed E-state index contributed by atoms with van der Waals surface area (Å²) in [5, 5.41) is 9.18. The van der Waals surface area contributed by atoms with E-state index in [0.717, 1.165) is 10.1 Å². The van der Waals surface area contributed by atoms with Crippen molar-refractivity contribution in [2.45, 2.75) is 12.5 Å². The van der Waals surface area contributed by atoms with Crippen LogP contribution in [0.3, 0.4) is 0 Å². The van der Waals surface area contributed by atoms with Crippen molar-refractivity contribution in [3.05, 3.63) is 52.6 Å². The highest BCUT2D eigenvalue weighted by Gasteiger charge is 2.17. The minimum absolute atomic E-state index is 0.0474. The summed E-state index contributed by atoms with van der Waals surface area (Å²) in [4.78, 5) is 27.1. The van der Waals surface area contributed by atoms with Crippen molar-refractivity contribution < 1.29 is 9.90 Å². The number of carbonyl (C=O) groups excluding carboxylic acids is 1. The molecule has 0 aliphatic rings. The molecular formula is C13H14N4O3. The first-order valence-electron chi connectivity index (χ1n) is 5.90. The Labute approximate surface area is 114 Å². The van der Waals surface area contributed by atoms with Crippen molar-refractivity contribution in [1.29, 1.82) is 0 Å². The van der Waals surface area contributed by atoms with E-state index in [0.29, 0.717) is 0 Å². The van der Waals surface area contributed by atoms with Gasteiger partial charge in [0.1, 0.15) is 11.6 Å². The van der Waals surface area contributed by atoms with E-state index in [4.69, 9.17) is 11.5 Å². The summed E-state index contributed by atoms with van der Waals surface area (Å²) in [6.07, 6.45) is 1.50. The number of benzene rings is 1. The summed E-state index contributed by atoms with van der Waals surface area (Å²) in [6.45, 7) is 0. The molecule has 2 rings (SSSR count). The second-order valence-corrected chi connectivity index (χ2v) is 4.32. The molecule has 0 saturated carbocycles. The lowest BCUT2D eigenvalue weighted by Gasteiger charge is -2.11. The fourth-order valence-electron chi connectivity index (χ4n) is 1.74. The zero-order valence-electron chi connectivity index (χ0n) is 10.6. The predicted octanol–water partition coefficient (Wildman–Crippen LogP) is -0.259. The minimum Gasteiger partial charge on any atom is -0.508 e. The third-order valence-electron chi connectivity index (χ3n) is 2.77. The first kappa shape index (κ1) is 13.8. The molecule has 0 radical (unpaired) electrons. The number of aromatic nitrogens is 2. The molecule has 0 bridgehead atoms. The van der Waals surface area contributed by atoms with Gasteiger partial charge < -0.3 is 16.6 Å². The fraction of sp³-hybridized carbons (Fsp3) is 0.154. The first-order valence-corrected chi connectivity index (χ1v) is 5.90. The number of hydrogen-bond donors (Lipinski definition) is 3. The molecule has 0 amide bonds. The molecule has 2 aromatic rings. The van der Waals surface area contributed by atoms with Crippen molar-refractivity contribution in [3.8, 4) is 5.75 Å². The van der Waals surface area contributed by atoms with Crippen molar-refractivity contribution in [2.75, 3.05) is 5.73 Å². The smallest absolute Gasteiger partial charge is 0.356 e. The summed E-state index contributed by atoms with van der Waals surface area (Å²) in [5.41, 5.74) is 11.2. The van der Waals surface area contributed by atoms with Gasteiger partial charge in [0.15, 0.2) is 0 Å². The van der Waals surface area contributed by atoms with Crippen LogP contribution in [0.15, 0.2) is 41.3 Å².